The van der Waals surface area contributed by atoms with E-state index in [1.165, 1.54) is 18.4 Å². The highest BCUT2D eigenvalue weighted by Crippen LogP contribution is 2.27. The molecule has 0 unspecified atom stereocenters. The summed E-state index contributed by atoms with van der Waals surface area (Å²) < 4.78 is 12.8. The number of thiazole rings is 1. The lowest BCUT2D eigenvalue weighted by Gasteiger charge is -2.39. The number of methoxy groups -OCH3 is 1. The van der Waals surface area contributed by atoms with E-state index in [-0.39, 0.29) is 17.4 Å². The van der Waals surface area contributed by atoms with Crippen LogP contribution < -0.4 is 9.54 Å². The Bertz CT molecular complexity index is 1100. The zero-order valence-electron chi connectivity index (χ0n) is 20.3. The van der Waals surface area contributed by atoms with Gasteiger partial charge in [-0.3, -0.25) is 4.79 Å². The van der Waals surface area contributed by atoms with Gasteiger partial charge in [0.1, 0.15) is 11.4 Å². The molecular formula is C24H32ClN3O4S. The predicted molar refractivity (Wildman–Crippen MR) is 130 cm³/mol. The molecule has 0 saturated carbocycles. The third-order valence-corrected chi connectivity index (χ3v) is 6.79. The highest BCUT2D eigenvalue weighted by molar-refractivity contribution is 7.09. The van der Waals surface area contributed by atoms with E-state index < -0.39 is 11.5 Å². The smallest absolute Gasteiger partial charge is 0.410 e. The van der Waals surface area contributed by atoms with Crippen molar-refractivity contribution in [2.24, 2.45) is 10.9 Å². The number of hydrogen-bond donors (Lipinski definition) is 0. The average Bonchev–Trinajstić information content (AvgIpc) is 3.05. The second-order valence-electron chi connectivity index (χ2n) is 10.3. The first-order valence-electron chi connectivity index (χ1n) is 10.9. The zero-order valence-corrected chi connectivity index (χ0v) is 21.8. The van der Waals surface area contributed by atoms with Gasteiger partial charge in [-0.1, -0.05) is 32.4 Å². The standard InChI is InChI=1S/C24H32ClN3O4S/c1-23(2,3)19-14-27(11-15-12-28(13-15)22(30)32-24(4,5)6)21(33-19)26-20(29)17-10-16(25)8-9-18(17)31-7/h8-10,14-15H,11-13H2,1-7H3/b26-21-. The maximum Gasteiger partial charge on any atom is 0.410 e. The predicted octanol–water partition coefficient (Wildman–Crippen LogP) is 5.12. The summed E-state index contributed by atoms with van der Waals surface area (Å²) in [5.74, 6) is 0.281. The Morgan fingerprint density at radius 3 is 2.42 bits per heavy atom. The van der Waals surface area contributed by atoms with Gasteiger partial charge in [0.25, 0.3) is 5.91 Å². The number of aromatic nitrogens is 1. The van der Waals surface area contributed by atoms with Gasteiger partial charge in [0.15, 0.2) is 4.80 Å². The van der Waals surface area contributed by atoms with Crippen molar-refractivity contribution < 1.29 is 19.1 Å². The SMILES string of the molecule is COc1ccc(Cl)cc1C(=O)/N=c1\sc(C(C)(C)C)cn1CC1CN(C(=O)OC(C)(C)C)C1. The zero-order chi connectivity index (χ0) is 24.6. The third kappa shape index (κ3) is 6.38. The lowest BCUT2D eigenvalue weighted by Crippen LogP contribution is -2.53. The number of likely N-dealkylation sites (tertiary alicyclic amines) is 1. The Hall–Kier alpha value is -2.32. The van der Waals surface area contributed by atoms with E-state index in [1.54, 1.807) is 23.1 Å². The third-order valence-electron chi connectivity index (χ3n) is 5.11. The molecule has 1 aromatic carbocycles. The minimum absolute atomic E-state index is 0.0842. The molecule has 1 saturated heterocycles. The average molecular weight is 494 g/mol. The molecule has 2 amide bonds. The van der Waals surface area contributed by atoms with Crippen LogP contribution in [0.1, 0.15) is 56.8 Å². The van der Waals surface area contributed by atoms with Crippen LogP contribution >= 0.6 is 22.9 Å². The van der Waals surface area contributed by atoms with Crippen molar-refractivity contribution in [3.8, 4) is 5.75 Å². The molecule has 1 aliphatic heterocycles. The summed E-state index contributed by atoms with van der Waals surface area (Å²) in [5.41, 5.74) is -0.277. The molecule has 0 radical (unpaired) electrons. The topological polar surface area (TPSA) is 73.1 Å². The first-order chi connectivity index (χ1) is 15.3. The number of halogens is 1. The Morgan fingerprint density at radius 2 is 1.85 bits per heavy atom. The molecule has 0 bridgehead atoms. The molecule has 2 aromatic rings. The highest BCUT2D eigenvalue weighted by Gasteiger charge is 2.34. The Labute approximate surface area is 204 Å². The number of rotatable bonds is 4. The number of ether oxygens (including phenoxy) is 2. The second kappa shape index (κ2) is 9.50. The van der Waals surface area contributed by atoms with Crippen molar-refractivity contribution in [1.29, 1.82) is 0 Å². The molecule has 0 aliphatic carbocycles. The first kappa shape index (κ1) is 25.3. The monoisotopic (exact) mass is 493 g/mol. The summed E-state index contributed by atoms with van der Waals surface area (Å²) in [6, 6.07) is 4.90. The Balaban J connectivity index is 1.84. The van der Waals surface area contributed by atoms with Crippen LogP contribution in [0.15, 0.2) is 29.4 Å². The number of hydrogen-bond acceptors (Lipinski definition) is 5. The van der Waals surface area contributed by atoms with Crippen LogP contribution in [-0.4, -0.2) is 47.3 Å². The van der Waals surface area contributed by atoms with Gasteiger partial charge < -0.3 is 18.9 Å². The molecule has 0 atom stereocenters. The number of carbonyl (C=O) groups is 2. The number of nitrogens with zero attached hydrogens (tertiary/aromatic N) is 3. The lowest BCUT2D eigenvalue weighted by molar-refractivity contribution is -0.00343. The van der Waals surface area contributed by atoms with E-state index in [9.17, 15) is 9.59 Å². The molecule has 3 rings (SSSR count). The number of carbonyl (C=O) groups excluding carboxylic acids is 2. The fraction of sp³-hybridized carbons (Fsp3) is 0.542. The summed E-state index contributed by atoms with van der Waals surface area (Å²) in [5, 5.41) is 0.445. The van der Waals surface area contributed by atoms with Gasteiger partial charge in [-0.15, -0.1) is 11.3 Å². The number of amides is 2. The minimum atomic E-state index is -0.514. The Kier molecular flexibility index (Phi) is 7.29. The van der Waals surface area contributed by atoms with Crippen molar-refractivity contribution in [3.05, 3.63) is 44.7 Å². The summed E-state index contributed by atoms with van der Waals surface area (Å²) in [4.78, 5) is 33.1. The van der Waals surface area contributed by atoms with Gasteiger partial charge >= 0.3 is 6.09 Å². The van der Waals surface area contributed by atoms with Gasteiger partial charge in [0, 0.05) is 41.6 Å². The second-order valence-corrected chi connectivity index (χ2v) is 11.7. The van der Waals surface area contributed by atoms with E-state index >= 15 is 0 Å². The van der Waals surface area contributed by atoms with Crippen LogP contribution in [0.4, 0.5) is 4.79 Å². The first-order valence-corrected chi connectivity index (χ1v) is 12.1. The van der Waals surface area contributed by atoms with Gasteiger partial charge in [0.2, 0.25) is 0 Å². The molecule has 1 aromatic heterocycles. The minimum Gasteiger partial charge on any atom is -0.496 e. The largest absolute Gasteiger partial charge is 0.496 e. The maximum absolute atomic E-state index is 13.0. The van der Waals surface area contributed by atoms with Crippen LogP contribution in [0, 0.1) is 5.92 Å². The highest BCUT2D eigenvalue weighted by atomic mass is 35.5. The van der Waals surface area contributed by atoms with E-state index in [2.05, 4.69) is 32.0 Å². The maximum atomic E-state index is 13.0. The molecule has 33 heavy (non-hydrogen) atoms. The fourth-order valence-corrected chi connectivity index (χ4v) is 4.61. The normalized spacial score (nSPS) is 15.4. The van der Waals surface area contributed by atoms with Crippen LogP contribution in [0.2, 0.25) is 5.02 Å². The van der Waals surface area contributed by atoms with Gasteiger partial charge in [-0.25, -0.2) is 4.79 Å². The molecular weight excluding hydrogens is 462 g/mol. The van der Waals surface area contributed by atoms with Gasteiger partial charge in [-0.2, -0.15) is 4.99 Å². The molecule has 0 N–H and O–H groups in total. The van der Waals surface area contributed by atoms with E-state index in [0.717, 1.165) is 4.88 Å². The molecule has 7 nitrogen and oxygen atoms in total. The van der Waals surface area contributed by atoms with Crippen molar-refractivity contribution in [2.45, 2.75) is 59.1 Å². The molecule has 180 valence electrons. The van der Waals surface area contributed by atoms with Gasteiger partial charge in [-0.05, 0) is 44.4 Å². The van der Waals surface area contributed by atoms with Crippen molar-refractivity contribution in [1.82, 2.24) is 9.47 Å². The van der Waals surface area contributed by atoms with Crippen LogP contribution in [0.3, 0.4) is 0 Å². The van der Waals surface area contributed by atoms with Crippen LogP contribution in [-0.2, 0) is 16.7 Å². The summed E-state index contributed by atoms with van der Waals surface area (Å²) in [6.45, 7) is 13.8. The van der Waals surface area contributed by atoms with Crippen molar-refractivity contribution in [2.75, 3.05) is 20.2 Å². The fourth-order valence-electron chi connectivity index (χ4n) is 3.38. The quantitative estimate of drug-likeness (QED) is 0.592. The van der Waals surface area contributed by atoms with E-state index in [4.69, 9.17) is 21.1 Å². The number of benzene rings is 1. The lowest BCUT2D eigenvalue weighted by atomic mass is 9.95. The van der Waals surface area contributed by atoms with Crippen LogP contribution in [0.5, 0.6) is 5.75 Å². The summed E-state index contributed by atoms with van der Waals surface area (Å²) in [6.07, 6.45) is 1.76. The van der Waals surface area contributed by atoms with E-state index in [1.807, 2.05) is 25.3 Å². The Morgan fingerprint density at radius 1 is 1.18 bits per heavy atom. The molecule has 1 fully saturated rings. The molecule has 1 aliphatic rings. The van der Waals surface area contributed by atoms with Gasteiger partial charge in [0.05, 0.1) is 12.7 Å². The molecule has 0 spiro atoms. The summed E-state index contributed by atoms with van der Waals surface area (Å²) >= 11 is 7.59. The van der Waals surface area contributed by atoms with Crippen molar-refractivity contribution in [3.63, 3.8) is 0 Å². The molecule has 9 heteroatoms. The molecule has 2 heterocycles. The summed E-state index contributed by atoms with van der Waals surface area (Å²) in [7, 11) is 1.51. The van der Waals surface area contributed by atoms with E-state index in [0.29, 0.717) is 40.8 Å². The van der Waals surface area contributed by atoms with Crippen molar-refractivity contribution >= 4 is 34.9 Å². The van der Waals surface area contributed by atoms with Crippen LogP contribution in [0.25, 0.3) is 0 Å².